The van der Waals surface area contributed by atoms with Crippen LogP contribution in [0.15, 0.2) is 18.2 Å². The van der Waals surface area contributed by atoms with Crippen LogP contribution in [0.1, 0.15) is 41.7 Å². The van der Waals surface area contributed by atoms with Gasteiger partial charge in [-0.3, -0.25) is 4.68 Å². The summed E-state index contributed by atoms with van der Waals surface area (Å²) >= 11 is 0. The number of hydrogen-bond donors (Lipinski definition) is 1. The van der Waals surface area contributed by atoms with Gasteiger partial charge in [-0.1, -0.05) is 6.07 Å². The molecule has 2 fully saturated rings. The van der Waals surface area contributed by atoms with Crippen molar-refractivity contribution >= 4 is 16.9 Å². The third-order valence-electron chi connectivity index (χ3n) is 6.01. The number of carbonyl (C=O) groups excluding carboxylic acids is 1. The predicted molar refractivity (Wildman–Crippen MR) is 96.5 cm³/mol. The molecule has 134 valence electrons. The van der Waals surface area contributed by atoms with Crippen molar-refractivity contribution in [2.75, 3.05) is 14.2 Å². The highest BCUT2D eigenvalue weighted by Crippen LogP contribution is 2.34. The molecule has 0 radical (unpaired) electrons. The Morgan fingerprint density at radius 1 is 1.28 bits per heavy atom. The number of methoxy groups -OCH3 is 1. The predicted octanol–water partition coefficient (Wildman–Crippen LogP) is 2.07. The van der Waals surface area contributed by atoms with Crippen LogP contribution in [-0.2, 0) is 18.3 Å². The van der Waals surface area contributed by atoms with Crippen LogP contribution in [0.3, 0.4) is 0 Å². The number of esters is 1. The summed E-state index contributed by atoms with van der Waals surface area (Å²) in [5.41, 5.74) is 2.47. The fourth-order valence-electron chi connectivity index (χ4n) is 4.62. The molecule has 0 saturated carbocycles. The first kappa shape index (κ1) is 16.5. The molecule has 1 aromatic carbocycles. The number of rotatable bonds is 4. The molecule has 2 unspecified atom stereocenters. The molecule has 6 heteroatoms. The molecule has 2 saturated heterocycles. The number of nitrogens with zero attached hydrogens (tertiary/aromatic N) is 3. The second-order valence-electron chi connectivity index (χ2n) is 7.36. The SMILES string of the molecule is COC(=O)c1cccc2c1c(CNC1CC3CCC(C1)N3C)nn2C. The van der Waals surface area contributed by atoms with Gasteiger partial charge >= 0.3 is 5.97 Å². The molecule has 4 rings (SSSR count). The summed E-state index contributed by atoms with van der Waals surface area (Å²) < 4.78 is 6.79. The van der Waals surface area contributed by atoms with E-state index in [0.29, 0.717) is 30.2 Å². The lowest BCUT2D eigenvalue weighted by Gasteiger charge is -2.36. The van der Waals surface area contributed by atoms with Crippen LogP contribution in [-0.4, -0.2) is 52.9 Å². The van der Waals surface area contributed by atoms with E-state index in [1.807, 2.05) is 29.9 Å². The van der Waals surface area contributed by atoms with E-state index in [-0.39, 0.29) is 5.97 Å². The van der Waals surface area contributed by atoms with Crippen molar-refractivity contribution in [3.63, 3.8) is 0 Å². The van der Waals surface area contributed by atoms with E-state index in [2.05, 4.69) is 22.4 Å². The molecule has 2 aromatic rings. The monoisotopic (exact) mass is 342 g/mol. The second-order valence-corrected chi connectivity index (χ2v) is 7.36. The van der Waals surface area contributed by atoms with Gasteiger partial charge in [0.05, 0.1) is 23.9 Å². The van der Waals surface area contributed by atoms with Crippen molar-refractivity contribution in [3.8, 4) is 0 Å². The highest BCUT2D eigenvalue weighted by molar-refractivity contribution is 6.04. The van der Waals surface area contributed by atoms with Crippen molar-refractivity contribution in [1.29, 1.82) is 0 Å². The van der Waals surface area contributed by atoms with Crippen LogP contribution in [0.25, 0.3) is 10.9 Å². The Hall–Kier alpha value is -1.92. The van der Waals surface area contributed by atoms with E-state index in [1.54, 1.807) is 0 Å². The minimum atomic E-state index is -0.308. The summed E-state index contributed by atoms with van der Waals surface area (Å²) in [5.74, 6) is -0.308. The molecular weight excluding hydrogens is 316 g/mol. The highest BCUT2D eigenvalue weighted by Gasteiger charge is 2.38. The van der Waals surface area contributed by atoms with Crippen LogP contribution >= 0.6 is 0 Å². The first-order valence-electron chi connectivity index (χ1n) is 9.06. The average molecular weight is 342 g/mol. The number of hydrogen-bond acceptors (Lipinski definition) is 5. The van der Waals surface area contributed by atoms with E-state index in [1.165, 1.54) is 32.8 Å². The zero-order valence-electron chi connectivity index (χ0n) is 15.2. The summed E-state index contributed by atoms with van der Waals surface area (Å²) in [4.78, 5) is 14.7. The number of aryl methyl sites for hydroxylation is 1. The Labute approximate surface area is 148 Å². The normalized spacial score (nSPS) is 26.3. The maximum Gasteiger partial charge on any atom is 0.338 e. The third kappa shape index (κ3) is 2.83. The molecule has 2 bridgehead atoms. The van der Waals surface area contributed by atoms with Crippen molar-refractivity contribution in [1.82, 2.24) is 20.0 Å². The molecule has 6 nitrogen and oxygen atoms in total. The zero-order chi connectivity index (χ0) is 17.6. The molecule has 25 heavy (non-hydrogen) atoms. The van der Waals surface area contributed by atoms with Crippen molar-refractivity contribution in [3.05, 3.63) is 29.5 Å². The number of nitrogens with one attached hydrogen (secondary N) is 1. The van der Waals surface area contributed by atoms with Gasteiger partial charge in [0, 0.05) is 37.1 Å². The van der Waals surface area contributed by atoms with Gasteiger partial charge in [0.2, 0.25) is 0 Å². The summed E-state index contributed by atoms with van der Waals surface area (Å²) in [6.45, 7) is 0.680. The van der Waals surface area contributed by atoms with Gasteiger partial charge in [0.1, 0.15) is 0 Å². The van der Waals surface area contributed by atoms with Gasteiger partial charge < -0.3 is 15.0 Å². The Morgan fingerprint density at radius 3 is 2.68 bits per heavy atom. The van der Waals surface area contributed by atoms with Crippen molar-refractivity contribution in [2.24, 2.45) is 7.05 Å². The van der Waals surface area contributed by atoms with Crippen LogP contribution in [0, 0.1) is 0 Å². The Kier molecular flexibility index (Phi) is 4.25. The minimum Gasteiger partial charge on any atom is -0.465 e. The largest absolute Gasteiger partial charge is 0.465 e. The molecule has 0 amide bonds. The van der Waals surface area contributed by atoms with Gasteiger partial charge in [0.25, 0.3) is 0 Å². The topological polar surface area (TPSA) is 59.4 Å². The zero-order valence-corrected chi connectivity index (χ0v) is 15.2. The van der Waals surface area contributed by atoms with E-state index >= 15 is 0 Å². The maximum atomic E-state index is 12.1. The molecule has 0 spiro atoms. The number of fused-ring (bicyclic) bond motifs is 3. The molecule has 0 aliphatic carbocycles. The van der Waals surface area contributed by atoms with Crippen LogP contribution in [0.4, 0.5) is 0 Å². The molecule has 3 heterocycles. The molecule has 2 atom stereocenters. The fraction of sp³-hybridized carbons (Fsp3) is 0.579. The molecular formula is C19H26N4O2. The highest BCUT2D eigenvalue weighted by atomic mass is 16.5. The van der Waals surface area contributed by atoms with Gasteiger partial charge in [0.15, 0.2) is 0 Å². The van der Waals surface area contributed by atoms with E-state index in [0.717, 1.165) is 16.6 Å². The van der Waals surface area contributed by atoms with E-state index in [9.17, 15) is 4.79 Å². The van der Waals surface area contributed by atoms with Gasteiger partial charge in [-0.05, 0) is 44.9 Å². The summed E-state index contributed by atoms with van der Waals surface area (Å²) in [5, 5.41) is 9.25. The number of ether oxygens (including phenoxy) is 1. The number of piperidine rings is 1. The molecule has 1 N–H and O–H groups in total. The summed E-state index contributed by atoms with van der Waals surface area (Å²) in [7, 11) is 5.60. The van der Waals surface area contributed by atoms with Crippen molar-refractivity contribution < 1.29 is 9.53 Å². The quantitative estimate of drug-likeness (QED) is 0.862. The van der Waals surface area contributed by atoms with Crippen LogP contribution < -0.4 is 5.32 Å². The maximum absolute atomic E-state index is 12.1. The van der Waals surface area contributed by atoms with Gasteiger partial charge in [-0.2, -0.15) is 5.10 Å². The number of aromatic nitrogens is 2. The number of carbonyl (C=O) groups is 1. The summed E-state index contributed by atoms with van der Waals surface area (Å²) in [6, 6.07) is 7.63. The van der Waals surface area contributed by atoms with Crippen LogP contribution in [0.5, 0.6) is 0 Å². The first-order chi connectivity index (χ1) is 12.1. The first-order valence-corrected chi connectivity index (χ1v) is 9.06. The Bertz CT molecular complexity index is 786. The lowest BCUT2D eigenvalue weighted by molar-refractivity contribution is 0.0603. The van der Waals surface area contributed by atoms with E-state index < -0.39 is 0 Å². The lowest BCUT2D eigenvalue weighted by atomic mass is 9.98. The summed E-state index contributed by atoms with van der Waals surface area (Å²) in [6.07, 6.45) is 5.03. The Balaban J connectivity index is 1.57. The van der Waals surface area contributed by atoms with E-state index in [4.69, 9.17) is 4.74 Å². The third-order valence-corrected chi connectivity index (χ3v) is 6.01. The van der Waals surface area contributed by atoms with Gasteiger partial charge in [-0.15, -0.1) is 0 Å². The standard InChI is InChI=1S/C19H26N4O2/c1-22-13-7-8-14(22)10-12(9-13)20-11-16-18-15(19(24)25-3)5-4-6-17(18)23(2)21-16/h4-6,12-14,20H,7-11H2,1-3H3. The molecule has 2 aliphatic rings. The number of benzene rings is 1. The molecule has 1 aromatic heterocycles. The average Bonchev–Trinajstić information content (AvgIpc) is 3.03. The lowest BCUT2D eigenvalue weighted by Crippen LogP contribution is -2.47. The second kappa shape index (κ2) is 6.42. The van der Waals surface area contributed by atoms with Crippen LogP contribution in [0.2, 0.25) is 0 Å². The fourth-order valence-corrected chi connectivity index (χ4v) is 4.62. The van der Waals surface area contributed by atoms with Gasteiger partial charge in [-0.25, -0.2) is 4.79 Å². The smallest absolute Gasteiger partial charge is 0.338 e. The minimum absolute atomic E-state index is 0.308. The van der Waals surface area contributed by atoms with Crippen molar-refractivity contribution in [2.45, 2.75) is 50.4 Å². The Morgan fingerprint density at radius 2 is 2.00 bits per heavy atom. The molecule has 2 aliphatic heterocycles.